The second-order valence-corrected chi connectivity index (χ2v) is 5.88. The van der Waals surface area contributed by atoms with Crippen molar-refractivity contribution in [2.75, 3.05) is 25.4 Å². The molecule has 0 amide bonds. The Bertz CT molecular complexity index is 282. The van der Waals surface area contributed by atoms with Gasteiger partial charge < -0.3 is 5.32 Å². The van der Waals surface area contributed by atoms with E-state index in [9.17, 15) is 8.42 Å². The average molecular weight is 232 g/mol. The van der Waals surface area contributed by atoms with Crippen molar-refractivity contribution >= 4 is 10.0 Å². The SMILES string of the molecule is C=CCCS(=O)(=O)NC[C@H]1CCCNC1. The number of nitrogens with one attached hydrogen (secondary N) is 2. The van der Waals surface area contributed by atoms with Gasteiger partial charge >= 0.3 is 0 Å². The Morgan fingerprint density at radius 2 is 2.33 bits per heavy atom. The van der Waals surface area contributed by atoms with Crippen LogP contribution in [0.4, 0.5) is 0 Å². The van der Waals surface area contributed by atoms with Gasteiger partial charge in [0.05, 0.1) is 5.75 Å². The lowest BCUT2D eigenvalue weighted by Crippen LogP contribution is -2.38. The van der Waals surface area contributed by atoms with E-state index in [2.05, 4.69) is 16.6 Å². The molecule has 1 fully saturated rings. The molecule has 0 aromatic rings. The maximum Gasteiger partial charge on any atom is 0.211 e. The summed E-state index contributed by atoms with van der Waals surface area (Å²) in [5.74, 6) is 0.591. The fourth-order valence-electron chi connectivity index (χ4n) is 1.65. The zero-order valence-corrected chi connectivity index (χ0v) is 9.85. The lowest BCUT2D eigenvalue weighted by atomic mass is 10.0. The van der Waals surface area contributed by atoms with Crippen LogP contribution in [-0.2, 0) is 10.0 Å². The Morgan fingerprint density at radius 3 is 2.93 bits per heavy atom. The normalized spacial score (nSPS) is 22.5. The van der Waals surface area contributed by atoms with Gasteiger partial charge in [-0.05, 0) is 38.3 Å². The van der Waals surface area contributed by atoms with Crippen molar-refractivity contribution in [3.8, 4) is 0 Å². The molecule has 1 aliphatic heterocycles. The molecule has 1 heterocycles. The summed E-state index contributed by atoms with van der Waals surface area (Å²) in [5.41, 5.74) is 0. The molecular weight excluding hydrogens is 212 g/mol. The highest BCUT2D eigenvalue weighted by molar-refractivity contribution is 7.89. The zero-order valence-electron chi connectivity index (χ0n) is 9.04. The lowest BCUT2D eigenvalue weighted by molar-refractivity contribution is 0.376. The lowest BCUT2D eigenvalue weighted by Gasteiger charge is -2.22. The smallest absolute Gasteiger partial charge is 0.211 e. The third-order valence-electron chi connectivity index (χ3n) is 2.58. The molecule has 0 saturated carbocycles. The maximum atomic E-state index is 11.5. The molecule has 15 heavy (non-hydrogen) atoms. The first-order chi connectivity index (χ1) is 7.14. The summed E-state index contributed by atoms with van der Waals surface area (Å²) in [6.07, 6.45) is 4.38. The van der Waals surface area contributed by atoms with Crippen molar-refractivity contribution in [3.63, 3.8) is 0 Å². The minimum absolute atomic E-state index is 0.149. The summed E-state index contributed by atoms with van der Waals surface area (Å²) in [6.45, 7) is 6.05. The van der Waals surface area contributed by atoms with Gasteiger partial charge in [0.2, 0.25) is 10.0 Å². The largest absolute Gasteiger partial charge is 0.316 e. The predicted octanol–water partition coefficient (Wildman–Crippen LogP) is 0.481. The molecule has 0 aromatic carbocycles. The monoisotopic (exact) mass is 232 g/mol. The number of allylic oxidation sites excluding steroid dienone is 1. The third-order valence-corrected chi connectivity index (χ3v) is 3.96. The Morgan fingerprint density at radius 1 is 1.53 bits per heavy atom. The van der Waals surface area contributed by atoms with Crippen LogP contribution in [0.5, 0.6) is 0 Å². The van der Waals surface area contributed by atoms with Crippen LogP contribution in [0.2, 0.25) is 0 Å². The van der Waals surface area contributed by atoms with Crippen molar-refractivity contribution in [2.45, 2.75) is 19.3 Å². The quantitative estimate of drug-likeness (QED) is 0.655. The Hall–Kier alpha value is -0.390. The Kier molecular flexibility index (Phi) is 5.28. The molecule has 0 spiro atoms. The first kappa shape index (κ1) is 12.7. The first-order valence-electron chi connectivity index (χ1n) is 5.43. The van der Waals surface area contributed by atoms with Crippen LogP contribution in [0.1, 0.15) is 19.3 Å². The number of rotatable bonds is 6. The van der Waals surface area contributed by atoms with E-state index >= 15 is 0 Å². The van der Waals surface area contributed by atoms with Gasteiger partial charge in [-0.2, -0.15) is 0 Å². The van der Waals surface area contributed by atoms with Crippen LogP contribution in [-0.4, -0.2) is 33.8 Å². The molecule has 1 aliphatic rings. The second kappa shape index (κ2) is 6.25. The molecule has 2 N–H and O–H groups in total. The number of hydrogen-bond donors (Lipinski definition) is 2. The van der Waals surface area contributed by atoms with E-state index in [-0.39, 0.29) is 5.75 Å². The van der Waals surface area contributed by atoms with Gasteiger partial charge in [-0.3, -0.25) is 0 Å². The van der Waals surface area contributed by atoms with E-state index in [1.807, 2.05) is 0 Å². The van der Waals surface area contributed by atoms with Gasteiger partial charge in [-0.1, -0.05) is 6.08 Å². The topological polar surface area (TPSA) is 58.2 Å². The van der Waals surface area contributed by atoms with Crippen LogP contribution in [0.3, 0.4) is 0 Å². The third kappa shape index (κ3) is 5.30. The summed E-state index contributed by atoms with van der Waals surface area (Å²) >= 11 is 0. The summed E-state index contributed by atoms with van der Waals surface area (Å²) in [7, 11) is -3.09. The molecule has 0 bridgehead atoms. The maximum absolute atomic E-state index is 11.5. The molecule has 0 aromatic heterocycles. The summed E-state index contributed by atoms with van der Waals surface area (Å²) < 4.78 is 25.6. The van der Waals surface area contributed by atoms with Crippen molar-refractivity contribution < 1.29 is 8.42 Å². The number of sulfonamides is 1. The summed E-state index contributed by atoms with van der Waals surface area (Å²) in [5, 5.41) is 3.26. The molecule has 1 atom stereocenters. The zero-order chi connectivity index (χ0) is 11.1. The van der Waals surface area contributed by atoms with E-state index < -0.39 is 10.0 Å². The highest BCUT2D eigenvalue weighted by atomic mass is 32.2. The average Bonchev–Trinajstić information content (AvgIpc) is 2.25. The number of hydrogen-bond acceptors (Lipinski definition) is 3. The Labute approximate surface area is 92.2 Å². The molecule has 88 valence electrons. The minimum Gasteiger partial charge on any atom is -0.316 e. The minimum atomic E-state index is -3.09. The molecule has 5 heteroatoms. The van der Waals surface area contributed by atoms with Crippen LogP contribution in [0, 0.1) is 5.92 Å². The van der Waals surface area contributed by atoms with Crippen molar-refractivity contribution in [1.29, 1.82) is 0 Å². The fourth-order valence-corrected chi connectivity index (χ4v) is 2.76. The van der Waals surface area contributed by atoms with Crippen LogP contribution in [0.25, 0.3) is 0 Å². The van der Waals surface area contributed by atoms with Crippen molar-refractivity contribution in [3.05, 3.63) is 12.7 Å². The van der Waals surface area contributed by atoms with E-state index in [0.29, 0.717) is 18.9 Å². The van der Waals surface area contributed by atoms with Crippen LogP contribution >= 0.6 is 0 Å². The first-order valence-corrected chi connectivity index (χ1v) is 7.08. The van der Waals surface area contributed by atoms with Gasteiger partial charge in [-0.15, -0.1) is 6.58 Å². The van der Waals surface area contributed by atoms with Gasteiger partial charge in [0.25, 0.3) is 0 Å². The number of piperidine rings is 1. The van der Waals surface area contributed by atoms with Gasteiger partial charge in [0, 0.05) is 6.54 Å². The van der Waals surface area contributed by atoms with Crippen molar-refractivity contribution in [1.82, 2.24) is 10.0 Å². The molecule has 0 radical (unpaired) electrons. The highest BCUT2D eigenvalue weighted by Crippen LogP contribution is 2.08. The molecule has 4 nitrogen and oxygen atoms in total. The molecule has 1 saturated heterocycles. The van der Waals surface area contributed by atoms with E-state index in [0.717, 1.165) is 25.9 Å². The Balaban J connectivity index is 2.25. The summed E-state index contributed by atoms with van der Waals surface area (Å²) in [4.78, 5) is 0. The van der Waals surface area contributed by atoms with Crippen LogP contribution < -0.4 is 10.0 Å². The molecule has 0 unspecified atom stereocenters. The van der Waals surface area contributed by atoms with E-state index in [1.165, 1.54) is 0 Å². The van der Waals surface area contributed by atoms with Crippen LogP contribution in [0.15, 0.2) is 12.7 Å². The molecular formula is C10H20N2O2S. The van der Waals surface area contributed by atoms with Gasteiger partial charge in [0.1, 0.15) is 0 Å². The van der Waals surface area contributed by atoms with Crippen molar-refractivity contribution in [2.24, 2.45) is 5.92 Å². The van der Waals surface area contributed by atoms with E-state index in [1.54, 1.807) is 6.08 Å². The van der Waals surface area contributed by atoms with E-state index in [4.69, 9.17) is 0 Å². The highest BCUT2D eigenvalue weighted by Gasteiger charge is 2.16. The predicted molar refractivity (Wildman–Crippen MR) is 62.2 cm³/mol. The summed E-state index contributed by atoms with van der Waals surface area (Å²) in [6, 6.07) is 0. The molecule has 0 aliphatic carbocycles. The second-order valence-electron chi connectivity index (χ2n) is 3.96. The fraction of sp³-hybridized carbons (Fsp3) is 0.800. The van der Waals surface area contributed by atoms with Gasteiger partial charge in [-0.25, -0.2) is 13.1 Å². The standard InChI is InChI=1S/C10H20N2O2S/c1-2-3-7-15(13,14)12-9-10-5-4-6-11-8-10/h2,10-12H,1,3-9H2/t10-/m0/s1. The molecule has 1 rings (SSSR count). The van der Waals surface area contributed by atoms with Gasteiger partial charge in [0.15, 0.2) is 0 Å².